The van der Waals surface area contributed by atoms with Gasteiger partial charge in [-0.15, -0.1) is 0 Å². The van der Waals surface area contributed by atoms with Crippen LogP contribution < -0.4 is 5.73 Å². The van der Waals surface area contributed by atoms with E-state index in [0.29, 0.717) is 12.2 Å². The Hall–Kier alpha value is -1.23. The van der Waals surface area contributed by atoms with E-state index in [2.05, 4.69) is 0 Å². The van der Waals surface area contributed by atoms with Crippen molar-refractivity contribution < 1.29 is 13.2 Å². The van der Waals surface area contributed by atoms with Crippen molar-refractivity contribution in [2.75, 3.05) is 25.9 Å². The minimum Gasteiger partial charge on any atom is -0.399 e. The number of nitrogens with two attached hydrogens (primary N) is 1. The molecule has 0 aliphatic carbocycles. The first-order valence-corrected chi connectivity index (χ1v) is 5.46. The standard InChI is InChI=1S/C12H17F3N2/c1-17(9-7-12(13,14)15)8-6-10-2-4-11(16)5-3-10/h2-5H,6-9,16H2,1H3. The molecule has 0 aliphatic heterocycles. The minimum atomic E-state index is -4.07. The summed E-state index contributed by atoms with van der Waals surface area (Å²) >= 11 is 0. The first-order valence-electron chi connectivity index (χ1n) is 5.46. The highest BCUT2D eigenvalue weighted by Gasteiger charge is 2.26. The normalized spacial score (nSPS) is 12.1. The van der Waals surface area contributed by atoms with Gasteiger partial charge >= 0.3 is 6.18 Å². The molecule has 17 heavy (non-hydrogen) atoms. The Morgan fingerprint density at radius 1 is 1.12 bits per heavy atom. The van der Waals surface area contributed by atoms with Crippen molar-refractivity contribution >= 4 is 5.69 Å². The zero-order chi connectivity index (χ0) is 12.9. The van der Waals surface area contributed by atoms with Crippen LogP contribution in [0.3, 0.4) is 0 Å². The number of hydrogen-bond acceptors (Lipinski definition) is 2. The smallest absolute Gasteiger partial charge is 0.390 e. The van der Waals surface area contributed by atoms with Gasteiger partial charge in [0.25, 0.3) is 0 Å². The first kappa shape index (κ1) is 13.8. The average Bonchev–Trinajstić information content (AvgIpc) is 2.25. The SMILES string of the molecule is CN(CCc1ccc(N)cc1)CCC(F)(F)F. The average molecular weight is 246 g/mol. The molecular formula is C12H17F3N2. The van der Waals surface area contributed by atoms with Crippen LogP contribution in [-0.4, -0.2) is 31.2 Å². The van der Waals surface area contributed by atoms with E-state index in [1.807, 2.05) is 12.1 Å². The minimum absolute atomic E-state index is 0.0402. The summed E-state index contributed by atoms with van der Waals surface area (Å²) in [5.41, 5.74) is 7.32. The summed E-state index contributed by atoms with van der Waals surface area (Å²) in [4.78, 5) is 1.68. The highest BCUT2D eigenvalue weighted by molar-refractivity contribution is 5.39. The lowest BCUT2D eigenvalue weighted by Crippen LogP contribution is -2.26. The Bertz CT molecular complexity index is 333. The molecule has 96 valence electrons. The third kappa shape index (κ3) is 6.16. The van der Waals surface area contributed by atoms with Gasteiger partial charge in [-0.25, -0.2) is 0 Å². The van der Waals surface area contributed by atoms with Gasteiger partial charge in [-0.05, 0) is 31.2 Å². The summed E-state index contributed by atoms with van der Waals surface area (Å²) in [5, 5.41) is 0. The van der Waals surface area contributed by atoms with E-state index in [4.69, 9.17) is 5.73 Å². The van der Waals surface area contributed by atoms with Crippen molar-refractivity contribution in [1.82, 2.24) is 4.90 Å². The van der Waals surface area contributed by atoms with Crippen molar-refractivity contribution in [3.8, 4) is 0 Å². The molecule has 1 aromatic rings. The van der Waals surface area contributed by atoms with E-state index in [0.717, 1.165) is 12.0 Å². The quantitative estimate of drug-likeness (QED) is 0.809. The van der Waals surface area contributed by atoms with E-state index in [1.54, 1.807) is 24.1 Å². The van der Waals surface area contributed by atoms with Crippen LogP contribution in [0.5, 0.6) is 0 Å². The Balaban J connectivity index is 2.28. The summed E-state index contributed by atoms with van der Waals surface area (Å²) < 4.78 is 35.9. The first-order chi connectivity index (χ1) is 7.87. The topological polar surface area (TPSA) is 29.3 Å². The fourth-order valence-electron chi connectivity index (χ4n) is 1.43. The molecule has 2 N–H and O–H groups in total. The Morgan fingerprint density at radius 2 is 1.71 bits per heavy atom. The van der Waals surface area contributed by atoms with Crippen molar-refractivity contribution in [2.45, 2.75) is 19.0 Å². The number of rotatable bonds is 5. The van der Waals surface area contributed by atoms with Gasteiger partial charge in [0.2, 0.25) is 0 Å². The lowest BCUT2D eigenvalue weighted by atomic mass is 10.1. The molecule has 0 atom stereocenters. The van der Waals surface area contributed by atoms with Crippen molar-refractivity contribution in [3.05, 3.63) is 29.8 Å². The highest BCUT2D eigenvalue weighted by atomic mass is 19.4. The van der Waals surface area contributed by atoms with Gasteiger partial charge in [-0.3, -0.25) is 0 Å². The predicted octanol–water partition coefficient (Wildman–Crippen LogP) is 2.70. The molecule has 0 heterocycles. The molecule has 2 nitrogen and oxygen atoms in total. The molecular weight excluding hydrogens is 229 g/mol. The Labute approximate surface area is 99.2 Å². The fraction of sp³-hybridized carbons (Fsp3) is 0.500. The van der Waals surface area contributed by atoms with Crippen LogP contribution in [-0.2, 0) is 6.42 Å². The van der Waals surface area contributed by atoms with Gasteiger partial charge in [-0.1, -0.05) is 12.1 Å². The molecule has 0 saturated heterocycles. The van der Waals surface area contributed by atoms with E-state index >= 15 is 0 Å². The largest absolute Gasteiger partial charge is 0.399 e. The lowest BCUT2D eigenvalue weighted by molar-refractivity contribution is -0.137. The lowest BCUT2D eigenvalue weighted by Gasteiger charge is -2.17. The number of halogens is 3. The van der Waals surface area contributed by atoms with Crippen LogP contribution in [0, 0.1) is 0 Å². The van der Waals surface area contributed by atoms with Gasteiger partial charge < -0.3 is 10.6 Å². The summed E-state index contributed by atoms with van der Waals surface area (Å²) in [7, 11) is 1.70. The van der Waals surface area contributed by atoms with Gasteiger partial charge in [0, 0.05) is 18.8 Å². The van der Waals surface area contributed by atoms with Crippen LogP contribution in [0.25, 0.3) is 0 Å². The molecule has 0 bridgehead atoms. The summed E-state index contributed by atoms with van der Waals surface area (Å²) in [5.74, 6) is 0. The molecule has 0 radical (unpaired) electrons. The fourth-order valence-corrected chi connectivity index (χ4v) is 1.43. The molecule has 0 unspecified atom stereocenters. The third-order valence-electron chi connectivity index (χ3n) is 2.54. The molecule has 0 spiro atoms. The van der Waals surface area contributed by atoms with Crippen LogP contribution in [0.1, 0.15) is 12.0 Å². The summed E-state index contributed by atoms with van der Waals surface area (Å²) in [6.45, 7) is 0.651. The third-order valence-corrected chi connectivity index (χ3v) is 2.54. The second-order valence-electron chi connectivity index (χ2n) is 4.16. The number of benzene rings is 1. The van der Waals surface area contributed by atoms with Crippen LogP contribution in [0.2, 0.25) is 0 Å². The molecule has 5 heteroatoms. The van der Waals surface area contributed by atoms with E-state index in [1.165, 1.54) is 0 Å². The number of anilines is 1. The van der Waals surface area contributed by atoms with Crippen molar-refractivity contribution in [3.63, 3.8) is 0 Å². The van der Waals surface area contributed by atoms with Gasteiger partial charge in [-0.2, -0.15) is 13.2 Å². The summed E-state index contributed by atoms with van der Waals surface area (Å²) in [6.07, 6.45) is -4.10. The number of alkyl halides is 3. The number of nitrogen functional groups attached to an aromatic ring is 1. The van der Waals surface area contributed by atoms with Crippen LogP contribution in [0.4, 0.5) is 18.9 Å². The van der Waals surface area contributed by atoms with E-state index in [9.17, 15) is 13.2 Å². The van der Waals surface area contributed by atoms with Crippen LogP contribution >= 0.6 is 0 Å². The maximum atomic E-state index is 12.0. The van der Waals surface area contributed by atoms with E-state index < -0.39 is 12.6 Å². The maximum Gasteiger partial charge on any atom is 0.390 e. The van der Waals surface area contributed by atoms with Crippen molar-refractivity contribution in [2.24, 2.45) is 0 Å². The second-order valence-corrected chi connectivity index (χ2v) is 4.16. The molecule has 0 fully saturated rings. The molecule has 0 saturated carbocycles. The molecule has 0 aromatic heterocycles. The predicted molar refractivity (Wildman–Crippen MR) is 62.7 cm³/mol. The molecule has 1 rings (SSSR count). The Kier molecular flexibility index (Phi) is 4.81. The molecule has 0 aliphatic rings. The number of likely N-dealkylation sites (N-methyl/N-ethyl adjacent to an activating group) is 1. The molecule has 0 amide bonds. The number of hydrogen-bond donors (Lipinski definition) is 1. The maximum absolute atomic E-state index is 12.0. The van der Waals surface area contributed by atoms with Gasteiger partial charge in [0.15, 0.2) is 0 Å². The highest BCUT2D eigenvalue weighted by Crippen LogP contribution is 2.19. The zero-order valence-corrected chi connectivity index (χ0v) is 9.80. The van der Waals surface area contributed by atoms with Crippen LogP contribution in [0.15, 0.2) is 24.3 Å². The van der Waals surface area contributed by atoms with Gasteiger partial charge in [0.1, 0.15) is 0 Å². The second kappa shape index (κ2) is 5.91. The number of nitrogens with zero attached hydrogens (tertiary/aromatic N) is 1. The Morgan fingerprint density at radius 3 is 2.24 bits per heavy atom. The molecule has 1 aromatic carbocycles. The summed E-state index contributed by atoms with van der Waals surface area (Å²) in [6, 6.07) is 7.38. The van der Waals surface area contributed by atoms with E-state index in [-0.39, 0.29) is 6.54 Å². The monoisotopic (exact) mass is 246 g/mol. The zero-order valence-electron chi connectivity index (χ0n) is 9.80. The van der Waals surface area contributed by atoms with Crippen molar-refractivity contribution in [1.29, 1.82) is 0 Å². The van der Waals surface area contributed by atoms with Gasteiger partial charge in [0.05, 0.1) is 6.42 Å².